The van der Waals surface area contributed by atoms with Crippen molar-refractivity contribution >= 4 is 45.0 Å². The van der Waals surface area contributed by atoms with Crippen molar-refractivity contribution in [3.8, 4) is 0 Å². The van der Waals surface area contributed by atoms with Gasteiger partial charge in [-0.3, -0.25) is 34.3 Å². The lowest BCUT2D eigenvalue weighted by Crippen LogP contribution is -2.53. The Morgan fingerprint density at radius 2 is 1.76 bits per heavy atom. The number of aliphatic hydroxyl groups excluding tert-OH is 1. The first kappa shape index (κ1) is 33.4. The summed E-state index contributed by atoms with van der Waals surface area (Å²) < 4.78 is 1.82. The molecule has 2 aromatic carbocycles. The van der Waals surface area contributed by atoms with Crippen molar-refractivity contribution in [1.29, 1.82) is 0 Å². The Morgan fingerprint density at radius 1 is 1.00 bits per heavy atom. The quantitative estimate of drug-likeness (QED) is 0.309. The number of aryl methyl sites for hydroxylation is 1. The molecule has 3 amide bonds. The van der Waals surface area contributed by atoms with Crippen LogP contribution < -0.4 is 21.1 Å². The molecule has 4 aliphatic rings. The van der Waals surface area contributed by atoms with Crippen molar-refractivity contribution in [2.45, 2.75) is 50.0 Å². The first-order valence-electron chi connectivity index (χ1n) is 16.8. The number of halogens is 1. The van der Waals surface area contributed by atoms with Gasteiger partial charge in [-0.05, 0) is 71.1 Å². The number of aromatic nitrogens is 2. The van der Waals surface area contributed by atoms with Gasteiger partial charge in [-0.1, -0.05) is 24.3 Å². The lowest BCUT2D eigenvalue weighted by molar-refractivity contribution is -0.139. The third kappa shape index (κ3) is 6.74. The predicted molar refractivity (Wildman–Crippen MR) is 187 cm³/mol. The number of anilines is 2. The van der Waals surface area contributed by atoms with Crippen molar-refractivity contribution in [3.05, 3.63) is 85.7 Å². The molecule has 4 atom stereocenters. The number of imide groups is 1. The van der Waals surface area contributed by atoms with Crippen molar-refractivity contribution in [2.24, 2.45) is 7.05 Å². The Hall–Kier alpha value is -4.11. The number of fused-ring (bicyclic) bond motifs is 1. The molecular formula is C35H41BrN8O5. The maximum atomic E-state index is 13.1. The number of piperazine rings is 1. The smallest absolute Gasteiger partial charge is 0.282 e. The summed E-state index contributed by atoms with van der Waals surface area (Å²) >= 11 is 3.43. The zero-order chi connectivity index (χ0) is 34.4. The second-order valence-electron chi connectivity index (χ2n) is 13.6. The molecule has 0 saturated carbocycles. The molecule has 258 valence electrons. The number of carbonyl (C=O) groups is 3. The molecule has 0 bridgehead atoms. The van der Waals surface area contributed by atoms with Crippen LogP contribution >= 0.6 is 15.9 Å². The number of hydrogen-bond donors (Lipinski definition) is 3. The van der Waals surface area contributed by atoms with Crippen LogP contribution in [0.15, 0.2) is 57.9 Å². The summed E-state index contributed by atoms with van der Waals surface area (Å²) in [5.41, 5.74) is 4.95. The minimum Gasteiger partial charge on any atom is -0.379 e. The zero-order valence-electron chi connectivity index (χ0n) is 27.6. The number of carbonyl (C=O) groups excluding carboxylic acids is 3. The second-order valence-corrected chi connectivity index (χ2v) is 14.4. The van der Waals surface area contributed by atoms with Gasteiger partial charge in [0.05, 0.1) is 11.9 Å². The van der Waals surface area contributed by atoms with E-state index >= 15 is 0 Å². The van der Waals surface area contributed by atoms with Gasteiger partial charge in [-0.25, -0.2) is 4.68 Å². The molecule has 0 aliphatic carbocycles. The van der Waals surface area contributed by atoms with Gasteiger partial charge in [0.2, 0.25) is 11.8 Å². The lowest BCUT2D eigenvalue weighted by atomic mass is 9.87. The second kappa shape index (κ2) is 13.7. The fraction of sp³-hybridized carbons (Fsp3) is 0.457. The highest BCUT2D eigenvalue weighted by Gasteiger charge is 2.44. The molecule has 3 saturated heterocycles. The standard InChI is InChI=1S/C35H41BrN8O5/c1-40-19-23(15-24(20-40)38-28-17-37-41(2)35(49)31(28)36)22-5-3-21(4-6-22)18-42-11-13-43(14-12-42)25-7-8-26-27(16-25)34(48)44(33(26)47)29-9-10-30(45)39-32(29)46/h3-8,16-17,23-24,29,34,38,48H,9-15,18-20H2,1-2H3,(H,39,45,46)/t23-,24+,29?,34?/m0/s1. The van der Waals surface area contributed by atoms with Gasteiger partial charge in [0.1, 0.15) is 10.5 Å². The molecule has 3 aromatic rings. The van der Waals surface area contributed by atoms with Gasteiger partial charge in [-0.2, -0.15) is 5.10 Å². The van der Waals surface area contributed by atoms with Crippen LogP contribution in [0.5, 0.6) is 0 Å². The summed E-state index contributed by atoms with van der Waals surface area (Å²) in [4.78, 5) is 57.7. The van der Waals surface area contributed by atoms with E-state index in [0.717, 1.165) is 63.6 Å². The van der Waals surface area contributed by atoms with E-state index in [1.165, 1.54) is 20.7 Å². The topological polar surface area (TPSA) is 143 Å². The van der Waals surface area contributed by atoms with E-state index in [2.05, 4.69) is 77.7 Å². The highest BCUT2D eigenvalue weighted by atomic mass is 79.9. The molecule has 1 aromatic heterocycles. The Morgan fingerprint density at radius 3 is 2.49 bits per heavy atom. The van der Waals surface area contributed by atoms with E-state index in [1.54, 1.807) is 19.3 Å². The molecule has 3 N–H and O–H groups in total. The SMILES string of the molecule is CN1C[C@H](Nc2cnn(C)c(=O)c2Br)C[C@H](c2ccc(CN3CCN(c4ccc5c(c4)C(O)N(C4CCC(=O)NC4=O)C5=O)CC3)cc2)C1. The first-order chi connectivity index (χ1) is 23.5. The highest BCUT2D eigenvalue weighted by molar-refractivity contribution is 9.10. The Balaban J connectivity index is 0.935. The molecule has 13 nitrogen and oxygen atoms in total. The maximum absolute atomic E-state index is 13.1. The number of aliphatic hydroxyl groups is 1. The third-order valence-corrected chi connectivity index (χ3v) is 11.0. The lowest BCUT2D eigenvalue weighted by Gasteiger charge is -2.37. The fourth-order valence-electron chi connectivity index (χ4n) is 7.63. The summed E-state index contributed by atoms with van der Waals surface area (Å²) in [5, 5.41) is 21.1. The van der Waals surface area contributed by atoms with Crippen LogP contribution in [0.25, 0.3) is 0 Å². The number of benzene rings is 2. The number of likely N-dealkylation sites (N-methyl/N-ethyl adjacent to an activating group) is 1. The highest BCUT2D eigenvalue weighted by Crippen LogP contribution is 2.37. The number of nitrogens with one attached hydrogen (secondary N) is 2. The average molecular weight is 734 g/mol. The molecule has 0 spiro atoms. The van der Waals surface area contributed by atoms with Crippen LogP contribution in [-0.2, 0) is 23.2 Å². The fourth-order valence-corrected chi connectivity index (χ4v) is 8.10. The Labute approximate surface area is 293 Å². The monoisotopic (exact) mass is 732 g/mol. The normalized spacial score (nSPS) is 25.0. The van der Waals surface area contributed by atoms with Crippen LogP contribution in [-0.4, -0.2) is 106 Å². The molecule has 2 unspecified atom stereocenters. The molecule has 4 aliphatic heterocycles. The minimum atomic E-state index is -1.23. The van der Waals surface area contributed by atoms with E-state index in [-0.39, 0.29) is 30.3 Å². The van der Waals surface area contributed by atoms with E-state index in [9.17, 15) is 24.3 Å². The predicted octanol–water partition coefficient (Wildman–Crippen LogP) is 2.02. The molecule has 0 radical (unpaired) electrons. The number of amides is 3. The number of nitrogens with zero attached hydrogens (tertiary/aromatic N) is 6. The van der Waals surface area contributed by atoms with Gasteiger partial charge in [-0.15, -0.1) is 0 Å². The van der Waals surface area contributed by atoms with Crippen LogP contribution in [0.4, 0.5) is 11.4 Å². The summed E-state index contributed by atoms with van der Waals surface area (Å²) in [6.07, 6.45) is 1.75. The van der Waals surface area contributed by atoms with Crippen molar-refractivity contribution < 1.29 is 19.5 Å². The molecule has 3 fully saturated rings. The number of piperidine rings is 2. The number of hydrogen-bond acceptors (Lipinski definition) is 10. The van der Waals surface area contributed by atoms with Gasteiger partial charge >= 0.3 is 0 Å². The van der Waals surface area contributed by atoms with Crippen LogP contribution in [0.2, 0.25) is 0 Å². The number of likely N-dealkylation sites (tertiary alicyclic amines) is 1. The summed E-state index contributed by atoms with van der Waals surface area (Å²) in [7, 11) is 3.77. The van der Waals surface area contributed by atoms with Crippen molar-refractivity contribution in [3.63, 3.8) is 0 Å². The summed E-state index contributed by atoms with van der Waals surface area (Å²) in [6, 6.07) is 13.8. The average Bonchev–Trinajstić information content (AvgIpc) is 3.34. The van der Waals surface area contributed by atoms with Gasteiger partial charge in [0, 0.05) is 82.1 Å². The third-order valence-electron chi connectivity index (χ3n) is 10.3. The summed E-state index contributed by atoms with van der Waals surface area (Å²) in [5.74, 6) is -0.933. The summed E-state index contributed by atoms with van der Waals surface area (Å²) in [6.45, 7) is 6.06. The molecule has 7 rings (SSSR count). The van der Waals surface area contributed by atoms with E-state index in [0.29, 0.717) is 21.5 Å². The van der Waals surface area contributed by atoms with Crippen LogP contribution in [0, 0.1) is 0 Å². The van der Waals surface area contributed by atoms with Gasteiger partial charge < -0.3 is 20.2 Å². The van der Waals surface area contributed by atoms with Gasteiger partial charge in [0.15, 0.2) is 6.23 Å². The zero-order valence-corrected chi connectivity index (χ0v) is 29.2. The number of rotatable bonds is 7. The Bertz CT molecular complexity index is 1830. The van der Waals surface area contributed by atoms with Gasteiger partial charge in [0.25, 0.3) is 11.5 Å². The maximum Gasteiger partial charge on any atom is 0.282 e. The molecular weight excluding hydrogens is 692 g/mol. The van der Waals surface area contributed by atoms with Crippen molar-refractivity contribution in [2.75, 3.05) is 56.5 Å². The molecule has 5 heterocycles. The van der Waals surface area contributed by atoms with E-state index in [1.807, 2.05) is 12.1 Å². The minimum absolute atomic E-state index is 0.135. The molecule has 14 heteroatoms. The van der Waals surface area contributed by atoms with E-state index in [4.69, 9.17) is 0 Å². The van der Waals surface area contributed by atoms with E-state index < -0.39 is 24.1 Å². The van der Waals surface area contributed by atoms with Crippen molar-refractivity contribution in [1.82, 2.24) is 29.8 Å². The Kier molecular flexibility index (Phi) is 9.31. The largest absolute Gasteiger partial charge is 0.379 e. The first-order valence-corrected chi connectivity index (χ1v) is 17.6. The van der Waals surface area contributed by atoms with Crippen LogP contribution in [0.3, 0.4) is 0 Å². The van der Waals surface area contributed by atoms with Crippen LogP contribution in [0.1, 0.15) is 58.5 Å². The molecule has 49 heavy (non-hydrogen) atoms.